The molecule has 1 aromatic carbocycles. The van der Waals surface area contributed by atoms with Crippen molar-refractivity contribution in [3.8, 4) is 0 Å². The van der Waals surface area contributed by atoms with E-state index < -0.39 is 45.6 Å². The molecule has 0 bridgehead atoms. The number of hydrogen-bond acceptors (Lipinski definition) is 7. The highest BCUT2D eigenvalue weighted by Crippen LogP contribution is 2.20. The van der Waals surface area contributed by atoms with E-state index in [1.807, 2.05) is 19.9 Å². The molecule has 1 aromatic rings. The normalized spacial score (nSPS) is 18.5. The highest BCUT2D eigenvalue weighted by molar-refractivity contribution is 7.86. The number of nitrogens with one attached hydrogen (secondary N) is 3. The average Bonchev–Trinajstić information content (AvgIpc) is 3.15. The predicted octanol–water partition coefficient (Wildman–Crippen LogP) is 1.24. The Bertz CT molecular complexity index is 1000. The molecular formula is C22H32ClN3O8S. The van der Waals surface area contributed by atoms with E-state index in [2.05, 4.69) is 16.0 Å². The molecule has 13 heteroatoms. The minimum atomic E-state index is -4.93. The van der Waals surface area contributed by atoms with E-state index in [1.54, 1.807) is 18.2 Å². The smallest absolute Gasteiger partial charge is 0.407 e. The lowest BCUT2D eigenvalue weighted by Crippen LogP contribution is -2.55. The molecule has 196 valence electrons. The molecule has 0 aromatic heterocycles. The minimum Gasteiger partial charge on any atom is -0.449 e. The third-order valence-electron chi connectivity index (χ3n) is 5.51. The van der Waals surface area contributed by atoms with Gasteiger partial charge in [0.2, 0.25) is 17.3 Å². The van der Waals surface area contributed by atoms with Crippen LogP contribution in [-0.2, 0) is 30.9 Å². The van der Waals surface area contributed by atoms with Crippen LogP contribution in [0.3, 0.4) is 0 Å². The SMILES string of the molecule is CC(C)C[C@H](NC(=O)OCCc1cccc(Cl)c1)C(=O)N[C@@H](C[C@@H]1CCNC1=O)C(O)S(=O)(=O)O. The highest BCUT2D eigenvalue weighted by atomic mass is 35.5. The summed E-state index contributed by atoms with van der Waals surface area (Å²) in [5.41, 5.74) is -1.48. The summed E-state index contributed by atoms with van der Waals surface area (Å²) in [6.07, 6.45) is -0.0861. The summed E-state index contributed by atoms with van der Waals surface area (Å²) in [6, 6.07) is 4.48. The van der Waals surface area contributed by atoms with Gasteiger partial charge in [0.05, 0.1) is 12.6 Å². The highest BCUT2D eigenvalue weighted by Gasteiger charge is 2.37. The van der Waals surface area contributed by atoms with Gasteiger partial charge in [-0.3, -0.25) is 14.1 Å². The summed E-state index contributed by atoms with van der Waals surface area (Å²) in [6.45, 7) is 4.05. The molecule has 1 unspecified atom stereocenters. The van der Waals surface area contributed by atoms with E-state index in [-0.39, 0.29) is 31.3 Å². The first-order chi connectivity index (χ1) is 16.4. The fourth-order valence-corrected chi connectivity index (χ4v) is 4.56. The third-order valence-corrected chi connectivity index (χ3v) is 6.68. The molecule has 11 nitrogen and oxygen atoms in total. The number of alkyl carbamates (subject to hydrolysis) is 1. The van der Waals surface area contributed by atoms with Crippen LogP contribution < -0.4 is 16.0 Å². The molecule has 0 spiro atoms. The number of benzene rings is 1. The Morgan fingerprint density at radius 3 is 2.57 bits per heavy atom. The molecule has 0 saturated carbocycles. The second kappa shape index (κ2) is 13.1. The van der Waals surface area contributed by atoms with Crippen molar-refractivity contribution < 1.29 is 37.2 Å². The van der Waals surface area contributed by atoms with Gasteiger partial charge < -0.3 is 25.8 Å². The Kier molecular flexibility index (Phi) is 10.7. The van der Waals surface area contributed by atoms with Gasteiger partial charge in [-0.05, 0) is 42.9 Å². The Morgan fingerprint density at radius 2 is 2.00 bits per heavy atom. The molecule has 1 heterocycles. The zero-order valence-corrected chi connectivity index (χ0v) is 21.1. The summed E-state index contributed by atoms with van der Waals surface area (Å²) < 4.78 is 37.6. The maximum atomic E-state index is 13.0. The molecule has 0 aliphatic carbocycles. The number of rotatable bonds is 12. The van der Waals surface area contributed by atoms with Crippen molar-refractivity contribution in [1.82, 2.24) is 16.0 Å². The Morgan fingerprint density at radius 1 is 1.29 bits per heavy atom. The fourth-order valence-electron chi connectivity index (χ4n) is 3.75. The molecule has 1 fully saturated rings. The summed E-state index contributed by atoms with van der Waals surface area (Å²) in [4.78, 5) is 37.2. The van der Waals surface area contributed by atoms with Crippen LogP contribution in [-0.4, -0.2) is 66.7 Å². The lowest BCUT2D eigenvalue weighted by atomic mass is 9.97. The van der Waals surface area contributed by atoms with Crippen molar-refractivity contribution in [1.29, 1.82) is 0 Å². The molecule has 4 atom stereocenters. The quantitative estimate of drug-likeness (QED) is 0.250. The average molecular weight is 534 g/mol. The number of carbonyl (C=O) groups is 3. The van der Waals surface area contributed by atoms with Crippen molar-refractivity contribution in [3.63, 3.8) is 0 Å². The van der Waals surface area contributed by atoms with Crippen LogP contribution in [0.2, 0.25) is 5.02 Å². The van der Waals surface area contributed by atoms with Crippen LogP contribution in [0, 0.1) is 11.8 Å². The lowest BCUT2D eigenvalue weighted by molar-refractivity contribution is -0.126. The van der Waals surface area contributed by atoms with Gasteiger partial charge in [-0.1, -0.05) is 37.6 Å². The zero-order valence-electron chi connectivity index (χ0n) is 19.6. The van der Waals surface area contributed by atoms with E-state index >= 15 is 0 Å². The Hall–Kier alpha value is -2.41. The largest absolute Gasteiger partial charge is 0.449 e. The van der Waals surface area contributed by atoms with Crippen molar-refractivity contribution in [2.75, 3.05) is 13.2 Å². The molecule has 1 aliphatic rings. The van der Waals surface area contributed by atoms with E-state index in [0.29, 0.717) is 24.4 Å². The minimum absolute atomic E-state index is 0.0308. The van der Waals surface area contributed by atoms with E-state index in [1.165, 1.54) is 0 Å². The monoisotopic (exact) mass is 533 g/mol. The van der Waals surface area contributed by atoms with Gasteiger partial charge in [0.15, 0.2) is 0 Å². The second-order valence-electron chi connectivity index (χ2n) is 8.88. The van der Waals surface area contributed by atoms with Crippen LogP contribution >= 0.6 is 11.6 Å². The van der Waals surface area contributed by atoms with Gasteiger partial charge in [0, 0.05) is 23.9 Å². The molecule has 5 N–H and O–H groups in total. The number of hydrogen-bond donors (Lipinski definition) is 5. The first kappa shape index (κ1) is 28.8. The molecule has 2 rings (SSSR count). The van der Waals surface area contributed by atoms with Crippen molar-refractivity contribution in [3.05, 3.63) is 34.9 Å². The van der Waals surface area contributed by atoms with Crippen LogP contribution in [0.15, 0.2) is 24.3 Å². The standard InChI is InChI=1S/C22H32ClN3O8S/c1-13(2)10-17(26-22(30)34-9-7-14-4-3-5-16(23)11-14)20(28)25-18(21(29)35(31,32)33)12-15-6-8-24-19(15)27/h3-5,11,13,15,17-18,21,29H,6-10,12H2,1-2H3,(H,24,27)(H,25,28)(H,26,30)(H,31,32,33)/t15-,17-,18-,21?/m0/s1. The van der Waals surface area contributed by atoms with Gasteiger partial charge in [0.25, 0.3) is 10.1 Å². The van der Waals surface area contributed by atoms with Gasteiger partial charge in [-0.15, -0.1) is 0 Å². The molecular weight excluding hydrogens is 502 g/mol. The van der Waals surface area contributed by atoms with E-state index in [0.717, 1.165) is 5.56 Å². The van der Waals surface area contributed by atoms with Gasteiger partial charge in [0.1, 0.15) is 6.04 Å². The maximum absolute atomic E-state index is 13.0. The number of ether oxygens (including phenoxy) is 1. The van der Waals surface area contributed by atoms with Crippen molar-refractivity contribution in [2.45, 2.75) is 57.1 Å². The first-order valence-electron chi connectivity index (χ1n) is 11.3. The Labute approximate surface area is 209 Å². The Balaban J connectivity index is 2.03. The van der Waals surface area contributed by atoms with Crippen molar-refractivity contribution in [2.24, 2.45) is 11.8 Å². The number of aliphatic hydroxyl groups excluding tert-OH is 1. The number of carbonyl (C=O) groups excluding carboxylic acids is 3. The summed E-state index contributed by atoms with van der Waals surface area (Å²) in [5, 5.41) is 18.1. The maximum Gasteiger partial charge on any atom is 0.407 e. The summed E-state index contributed by atoms with van der Waals surface area (Å²) in [7, 11) is -4.93. The van der Waals surface area contributed by atoms with E-state index in [4.69, 9.17) is 16.3 Å². The summed E-state index contributed by atoms with van der Waals surface area (Å²) in [5.74, 6) is -1.81. The van der Waals surface area contributed by atoms with Crippen LogP contribution in [0.1, 0.15) is 38.7 Å². The molecule has 1 aliphatic heterocycles. The van der Waals surface area contributed by atoms with Crippen LogP contribution in [0.4, 0.5) is 4.79 Å². The third kappa shape index (κ3) is 9.63. The molecule has 1 saturated heterocycles. The molecule has 35 heavy (non-hydrogen) atoms. The van der Waals surface area contributed by atoms with E-state index in [9.17, 15) is 32.5 Å². The topological polar surface area (TPSA) is 171 Å². The summed E-state index contributed by atoms with van der Waals surface area (Å²) >= 11 is 5.93. The van der Waals surface area contributed by atoms with Crippen molar-refractivity contribution >= 4 is 39.6 Å². The van der Waals surface area contributed by atoms with Gasteiger partial charge >= 0.3 is 6.09 Å². The fraction of sp³-hybridized carbons (Fsp3) is 0.591. The lowest BCUT2D eigenvalue weighted by Gasteiger charge is -2.27. The molecule has 3 amide bonds. The van der Waals surface area contributed by atoms with Gasteiger partial charge in [-0.2, -0.15) is 8.42 Å². The first-order valence-corrected chi connectivity index (χ1v) is 13.1. The number of aliphatic hydroxyl groups is 1. The molecule has 0 radical (unpaired) electrons. The van der Waals surface area contributed by atoms with Crippen LogP contribution in [0.5, 0.6) is 0 Å². The number of halogens is 1. The van der Waals surface area contributed by atoms with Gasteiger partial charge in [-0.25, -0.2) is 4.79 Å². The second-order valence-corrected chi connectivity index (χ2v) is 10.8. The van der Waals surface area contributed by atoms with Crippen LogP contribution in [0.25, 0.3) is 0 Å². The zero-order chi connectivity index (χ0) is 26.2. The predicted molar refractivity (Wildman–Crippen MR) is 128 cm³/mol. The number of amides is 3.